The van der Waals surface area contributed by atoms with Gasteiger partial charge in [0.15, 0.2) is 17.6 Å². The molecule has 2 aromatic carbocycles. The number of halogens is 2. The van der Waals surface area contributed by atoms with E-state index in [2.05, 4.69) is 5.43 Å². The molecule has 16 heteroatoms. The van der Waals surface area contributed by atoms with Gasteiger partial charge in [0, 0.05) is 35.1 Å². The molecule has 2 amide bonds. The molecule has 2 aromatic rings. The number of hydrazine groups is 1. The number of carboxylic acids is 3. The molecular formula is C36H43F2N3O11. The molecular weight excluding hydrogens is 688 g/mol. The van der Waals surface area contributed by atoms with Gasteiger partial charge < -0.3 is 26.2 Å². The predicted molar refractivity (Wildman–Crippen MR) is 178 cm³/mol. The van der Waals surface area contributed by atoms with Gasteiger partial charge in [0.1, 0.15) is 17.6 Å². The van der Waals surface area contributed by atoms with Gasteiger partial charge in [-0.25, -0.2) is 18.6 Å². The number of carbonyl (C=O) groups excluding carboxylic acids is 4. The monoisotopic (exact) mass is 731 g/mol. The molecule has 282 valence electrons. The van der Waals surface area contributed by atoms with E-state index >= 15 is 0 Å². The van der Waals surface area contributed by atoms with Crippen molar-refractivity contribution in [2.24, 2.45) is 41.2 Å². The van der Waals surface area contributed by atoms with E-state index in [0.29, 0.717) is 11.1 Å². The predicted octanol–water partition coefficient (Wildman–Crippen LogP) is 2.70. The van der Waals surface area contributed by atoms with Crippen molar-refractivity contribution in [3.05, 3.63) is 70.8 Å². The molecule has 7 atom stereocenters. The van der Waals surface area contributed by atoms with Crippen LogP contribution < -0.4 is 11.2 Å². The average molecular weight is 732 g/mol. The maximum absolute atomic E-state index is 14.5. The fourth-order valence-corrected chi connectivity index (χ4v) is 6.37. The Morgan fingerprint density at radius 2 is 1.31 bits per heavy atom. The highest BCUT2D eigenvalue weighted by atomic mass is 19.1. The zero-order valence-electron chi connectivity index (χ0n) is 29.0. The molecule has 1 saturated carbocycles. The molecule has 14 nitrogen and oxygen atoms in total. The van der Waals surface area contributed by atoms with Crippen molar-refractivity contribution >= 4 is 41.3 Å². The zero-order valence-corrected chi connectivity index (χ0v) is 29.0. The van der Waals surface area contributed by atoms with Gasteiger partial charge in [-0.2, -0.15) is 0 Å². The number of nitrogens with one attached hydrogen (secondary N) is 1. The van der Waals surface area contributed by atoms with E-state index in [4.69, 9.17) is 5.73 Å². The molecule has 0 radical (unpaired) electrons. The number of carbonyl (C=O) groups is 7. The summed E-state index contributed by atoms with van der Waals surface area (Å²) >= 11 is 0. The van der Waals surface area contributed by atoms with Crippen molar-refractivity contribution in [3.63, 3.8) is 0 Å². The van der Waals surface area contributed by atoms with E-state index in [9.17, 15) is 62.8 Å². The second-order valence-electron chi connectivity index (χ2n) is 13.8. The second-order valence-corrected chi connectivity index (χ2v) is 13.8. The first-order chi connectivity index (χ1) is 24.2. The van der Waals surface area contributed by atoms with Crippen molar-refractivity contribution in [1.82, 2.24) is 10.4 Å². The molecule has 2 unspecified atom stereocenters. The molecule has 1 aliphatic carbocycles. The summed E-state index contributed by atoms with van der Waals surface area (Å²) in [6, 6.07) is 4.11. The Bertz CT molecular complexity index is 1670. The van der Waals surface area contributed by atoms with Gasteiger partial charge >= 0.3 is 17.9 Å². The number of ketones is 2. The van der Waals surface area contributed by atoms with Gasteiger partial charge in [0.25, 0.3) is 5.91 Å². The minimum atomic E-state index is -2.27. The quantitative estimate of drug-likeness (QED) is 0.0880. The van der Waals surface area contributed by atoms with E-state index < -0.39 is 107 Å². The third-order valence-corrected chi connectivity index (χ3v) is 9.09. The number of aliphatic hydroxyl groups is 1. The molecule has 1 aliphatic rings. The lowest BCUT2D eigenvalue weighted by molar-refractivity contribution is -0.163. The fraction of sp³-hybridized carbons (Fsp3) is 0.472. The first-order valence-electron chi connectivity index (χ1n) is 16.6. The van der Waals surface area contributed by atoms with Crippen LogP contribution in [0, 0.1) is 47.1 Å². The normalized spacial score (nSPS) is 19.6. The highest BCUT2D eigenvalue weighted by Crippen LogP contribution is 2.34. The number of amides is 2. The van der Waals surface area contributed by atoms with Gasteiger partial charge in [-0.15, -0.1) is 0 Å². The van der Waals surface area contributed by atoms with Crippen LogP contribution in [0.2, 0.25) is 0 Å². The molecule has 0 heterocycles. The molecule has 52 heavy (non-hydrogen) atoms. The molecule has 0 spiro atoms. The first kappa shape index (κ1) is 41.3. The Balaban J connectivity index is 2.14. The summed E-state index contributed by atoms with van der Waals surface area (Å²) < 4.78 is 28.0. The summed E-state index contributed by atoms with van der Waals surface area (Å²) in [6.45, 7) is 5.99. The number of benzene rings is 2. The van der Waals surface area contributed by atoms with Crippen LogP contribution in [0.25, 0.3) is 0 Å². The van der Waals surface area contributed by atoms with Crippen molar-refractivity contribution in [1.29, 1.82) is 0 Å². The van der Waals surface area contributed by atoms with E-state index in [0.717, 1.165) is 12.1 Å². The van der Waals surface area contributed by atoms with Gasteiger partial charge in [-0.3, -0.25) is 34.2 Å². The number of aliphatic carboxylic acids is 3. The number of Topliss-reactive ketones (excluding diaryl/α,β-unsaturated/α-hetero) is 2. The number of nitrogens with two attached hydrogens (primary N) is 1. The number of aliphatic hydroxyl groups excluding tert-OH is 1. The topological polar surface area (TPSA) is 242 Å². The summed E-state index contributed by atoms with van der Waals surface area (Å²) in [4.78, 5) is 91.5. The summed E-state index contributed by atoms with van der Waals surface area (Å²) in [5.41, 5.74) is 8.17. The number of carboxylic acid groups (broad SMARTS) is 3. The highest BCUT2D eigenvalue weighted by molar-refractivity contribution is 6.12. The largest absolute Gasteiger partial charge is 0.481 e. The molecule has 7 N–H and O–H groups in total. The van der Waals surface area contributed by atoms with Gasteiger partial charge in [-0.1, -0.05) is 45.9 Å². The summed E-state index contributed by atoms with van der Waals surface area (Å²) in [7, 11) is 0. The van der Waals surface area contributed by atoms with E-state index in [1.165, 1.54) is 38.1 Å². The van der Waals surface area contributed by atoms with E-state index in [1.54, 1.807) is 13.8 Å². The first-order valence-corrected chi connectivity index (χ1v) is 16.6. The van der Waals surface area contributed by atoms with Crippen LogP contribution in [0.4, 0.5) is 8.78 Å². The van der Waals surface area contributed by atoms with E-state index in [-0.39, 0.29) is 41.7 Å². The number of hydrogen-bond donors (Lipinski definition) is 6. The Morgan fingerprint density at radius 1 is 0.808 bits per heavy atom. The van der Waals surface area contributed by atoms with Crippen molar-refractivity contribution in [3.8, 4) is 0 Å². The Morgan fingerprint density at radius 3 is 1.77 bits per heavy atom. The molecule has 0 aliphatic heterocycles. The van der Waals surface area contributed by atoms with Crippen LogP contribution in [0.3, 0.4) is 0 Å². The molecule has 0 aromatic heterocycles. The lowest BCUT2D eigenvalue weighted by Gasteiger charge is -2.37. The molecule has 0 bridgehead atoms. The minimum absolute atomic E-state index is 0.0544. The zero-order chi connectivity index (χ0) is 39.2. The summed E-state index contributed by atoms with van der Waals surface area (Å²) in [5.74, 6) is -18.0. The third kappa shape index (κ3) is 10.0. The van der Waals surface area contributed by atoms with Crippen molar-refractivity contribution < 1.29 is 62.8 Å². The standard InChI is InChI=1S/C36H43F2N3O11/c1-16(2)28(36(51)52)41(40-32(45)21-12-22(34(47)48)14-23(13-21)35(49)50)33(46)27(30(43)20-7-5-6-19(11-20)29(42)17(3)4)31(44)26(39)10-18-8-24(37)15-25(38)9-18/h5-9,11,15-17,21-23,26-28,31,44H,10,12-14,39H2,1-4H3,(H,40,45)(H,47,48)(H,49,50)(H,51,52)/t21?,22-,23+,26-,27?,28-,31+/m0/s1. The van der Waals surface area contributed by atoms with Crippen LogP contribution in [0.1, 0.15) is 73.2 Å². The maximum atomic E-state index is 14.5. The third-order valence-electron chi connectivity index (χ3n) is 9.09. The molecule has 3 rings (SSSR count). The Kier molecular flexibility index (Phi) is 13.8. The van der Waals surface area contributed by atoms with Crippen LogP contribution in [0.5, 0.6) is 0 Å². The SMILES string of the molecule is CC(C)C(=O)c1cccc(C(=O)C(C(=O)N(NC(=O)C2C[C@@H](C(=O)O)C[C@@H](C(=O)O)C2)[C@H](C(=O)O)C(C)C)[C@H](O)[C@@H](N)Cc2cc(F)cc(F)c2)c1. The summed E-state index contributed by atoms with van der Waals surface area (Å²) in [6.07, 6.45) is -3.62. The van der Waals surface area contributed by atoms with Crippen LogP contribution in [0.15, 0.2) is 42.5 Å². The highest BCUT2D eigenvalue weighted by Gasteiger charge is 2.46. The maximum Gasteiger partial charge on any atom is 0.328 e. The van der Waals surface area contributed by atoms with Crippen LogP contribution in [-0.4, -0.2) is 84.9 Å². The van der Waals surface area contributed by atoms with Crippen LogP contribution in [-0.2, 0) is 30.4 Å². The number of nitrogens with zero attached hydrogens (tertiary/aromatic N) is 1. The van der Waals surface area contributed by atoms with Gasteiger partial charge in [-0.05, 0) is 55.4 Å². The Labute approximate surface area is 297 Å². The second kappa shape index (κ2) is 17.4. The Hall–Kier alpha value is -5.09. The van der Waals surface area contributed by atoms with Crippen molar-refractivity contribution in [2.75, 3.05) is 0 Å². The van der Waals surface area contributed by atoms with Gasteiger partial charge in [0.05, 0.1) is 17.9 Å². The van der Waals surface area contributed by atoms with Gasteiger partial charge in [0.2, 0.25) is 5.91 Å². The van der Waals surface area contributed by atoms with Crippen LogP contribution >= 0.6 is 0 Å². The lowest BCUT2D eigenvalue weighted by atomic mass is 9.75. The number of hydrogen-bond acceptors (Lipinski definition) is 9. The number of rotatable bonds is 15. The minimum Gasteiger partial charge on any atom is -0.481 e. The molecule has 0 saturated heterocycles. The van der Waals surface area contributed by atoms with Crippen molar-refractivity contribution in [2.45, 2.75) is 71.6 Å². The van der Waals surface area contributed by atoms with E-state index in [1.807, 2.05) is 0 Å². The smallest absolute Gasteiger partial charge is 0.328 e. The fourth-order valence-electron chi connectivity index (χ4n) is 6.37. The molecule has 1 fully saturated rings. The summed E-state index contributed by atoms with van der Waals surface area (Å²) in [5, 5.41) is 41.4. The lowest BCUT2D eigenvalue weighted by Crippen LogP contribution is -2.62. The average Bonchev–Trinajstić information content (AvgIpc) is 3.06.